The average Bonchev–Trinajstić information content (AvgIpc) is 3.29. The number of methoxy groups -OCH3 is 2. The van der Waals surface area contributed by atoms with Crippen LogP contribution in [0.4, 0.5) is 0 Å². The van der Waals surface area contributed by atoms with Gasteiger partial charge in [-0.2, -0.15) is 0 Å². The van der Waals surface area contributed by atoms with Crippen LogP contribution in [0.2, 0.25) is 0 Å². The fourth-order valence-corrected chi connectivity index (χ4v) is 3.75. The van der Waals surface area contributed by atoms with Gasteiger partial charge in [-0.3, -0.25) is 14.9 Å². The standard InChI is InChI=1S/C21H15NO6/c1-25-12-5-11-6-13-19(21(24)22-20(13)23)18(17(11)16(8-12)26-2)10-3-4-14-15(7-10)28-9-27-14/h3-8H,9H2,1-2H3,(H,22,23,24). The third-order valence-corrected chi connectivity index (χ3v) is 4.99. The number of carbonyl (C=O) groups is 2. The van der Waals surface area contributed by atoms with Gasteiger partial charge in [0.1, 0.15) is 11.5 Å². The maximum atomic E-state index is 12.6. The van der Waals surface area contributed by atoms with Crippen LogP contribution in [0.15, 0.2) is 36.4 Å². The first-order chi connectivity index (χ1) is 13.6. The number of imide groups is 1. The molecule has 2 amide bonds. The van der Waals surface area contributed by atoms with E-state index in [1.807, 2.05) is 12.1 Å². The summed E-state index contributed by atoms with van der Waals surface area (Å²) in [6, 6.07) is 10.7. The van der Waals surface area contributed by atoms with Crippen LogP contribution in [0.5, 0.6) is 23.0 Å². The molecule has 3 aromatic rings. The smallest absolute Gasteiger partial charge is 0.259 e. The molecular formula is C21H15NO6. The molecule has 2 aliphatic heterocycles. The zero-order valence-electron chi connectivity index (χ0n) is 15.1. The molecule has 7 nitrogen and oxygen atoms in total. The van der Waals surface area contributed by atoms with Crippen molar-refractivity contribution in [2.75, 3.05) is 21.0 Å². The third kappa shape index (κ3) is 2.22. The lowest BCUT2D eigenvalue weighted by Crippen LogP contribution is -2.20. The lowest BCUT2D eigenvalue weighted by molar-refractivity contribution is 0.0880. The van der Waals surface area contributed by atoms with Gasteiger partial charge in [-0.15, -0.1) is 0 Å². The Morgan fingerprint density at radius 3 is 2.50 bits per heavy atom. The van der Waals surface area contributed by atoms with Crippen LogP contribution in [0.1, 0.15) is 20.7 Å². The van der Waals surface area contributed by atoms with Crippen molar-refractivity contribution in [3.8, 4) is 34.1 Å². The highest BCUT2D eigenvalue weighted by molar-refractivity contribution is 6.28. The third-order valence-electron chi connectivity index (χ3n) is 4.99. The molecule has 0 saturated carbocycles. The van der Waals surface area contributed by atoms with Crippen LogP contribution < -0.4 is 24.3 Å². The number of hydrogen-bond acceptors (Lipinski definition) is 6. The van der Waals surface area contributed by atoms with E-state index in [4.69, 9.17) is 18.9 Å². The van der Waals surface area contributed by atoms with E-state index in [1.54, 1.807) is 38.5 Å². The van der Waals surface area contributed by atoms with Gasteiger partial charge in [0.25, 0.3) is 11.8 Å². The number of amides is 2. The van der Waals surface area contributed by atoms with Gasteiger partial charge in [0.05, 0.1) is 25.3 Å². The second-order valence-electron chi connectivity index (χ2n) is 6.45. The molecule has 0 unspecified atom stereocenters. The summed E-state index contributed by atoms with van der Waals surface area (Å²) in [5.74, 6) is 1.48. The first-order valence-corrected chi connectivity index (χ1v) is 8.59. The number of carbonyl (C=O) groups excluding carboxylic acids is 2. The van der Waals surface area contributed by atoms with Crippen molar-refractivity contribution in [2.45, 2.75) is 0 Å². The molecule has 7 heteroatoms. The Balaban J connectivity index is 1.92. The van der Waals surface area contributed by atoms with E-state index in [1.165, 1.54) is 0 Å². The van der Waals surface area contributed by atoms with Gasteiger partial charge in [0.15, 0.2) is 11.5 Å². The predicted octanol–water partition coefficient (Wildman–Crippen LogP) is 3.14. The Morgan fingerprint density at radius 1 is 0.893 bits per heavy atom. The number of rotatable bonds is 3. The second-order valence-corrected chi connectivity index (χ2v) is 6.45. The minimum Gasteiger partial charge on any atom is -0.497 e. The molecule has 0 aromatic heterocycles. The largest absolute Gasteiger partial charge is 0.497 e. The summed E-state index contributed by atoms with van der Waals surface area (Å²) >= 11 is 0. The summed E-state index contributed by atoms with van der Waals surface area (Å²) < 4.78 is 21.8. The van der Waals surface area contributed by atoms with Crippen LogP contribution in [0.25, 0.3) is 21.9 Å². The lowest BCUT2D eigenvalue weighted by atomic mass is 9.89. The van der Waals surface area contributed by atoms with E-state index < -0.39 is 11.8 Å². The van der Waals surface area contributed by atoms with Gasteiger partial charge in [-0.25, -0.2) is 0 Å². The Bertz CT molecular complexity index is 1180. The van der Waals surface area contributed by atoms with E-state index in [9.17, 15) is 9.59 Å². The van der Waals surface area contributed by atoms with Crippen molar-refractivity contribution >= 4 is 22.6 Å². The number of ether oxygens (including phenoxy) is 4. The monoisotopic (exact) mass is 377 g/mol. The van der Waals surface area contributed by atoms with E-state index in [-0.39, 0.29) is 6.79 Å². The highest BCUT2D eigenvalue weighted by Gasteiger charge is 2.33. The van der Waals surface area contributed by atoms with E-state index in [0.717, 1.165) is 10.9 Å². The molecule has 0 radical (unpaired) electrons. The van der Waals surface area contributed by atoms with Crippen LogP contribution >= 0.6 is 0 Å². The predicted molar refractivity (Wildman–Crippen MR) is 100 cm³/mol. The van der Waals surface area contributed by atoms with Crippen molar-refractivity contribution in [3.63, 3.8) is 0 Å². The SMILES string of the molecule is COc1cc(OC)c2c(-c3ccc4c(c3)OCO4)c3c(cc2c1)C(=O)NC3=O. The van der Waals surface area contributed by atoms with Gasteiger partial charge >= 0.3 is 0 Å². The first kappa shape index (κ1) is 16.4. The van der Waals surface area contributed by atoms with Crippen molar-refractivity contribution in [1.29, 1.82) is 0 Å². The molecule has 0 atom stereocenters. The van der Waals surface area contributed by atoms with Crippen LogP contribution in [0.3, 0.4) is 0 Å². The summed E-state index contributed by atoms with van der Waals surface area (Å²) in [7, 11) is 3.11. The molecule has 2 aliphatic rings. The van der Waals surface area contributed by atoms with E-state index >= 15 is 0 Å². The fraction of sp³-hybridized carbons (Fsp3) is 0.143. The quantitative estimate of drug-likeness (QED) is 0.706. The molecule has 140 valence electrons. The average molecular weight is 377 g/mol. The van der Waals surface area contributed by atoms with Crippen molar-refractivity contribution in [1.82, 2.24) is 5.32 Å². The molecule has 28 heavy (non-hydrogen) atoms. The Morgan fingerprint density at radius 2 is 1.71 bits per heavy atom. The fourth-order valence-electron chi connectivity index (χ4n) is 3.75. The Labute approximate surface area is 159 Å². The van der Waals surface area contributed by atoms with Crippen molar-refractivity contribution < 1.29 is 28.5 Å². The molecule has 0 bridgehead atoms. The van der Waals surface area contributed by atoms with Gasteiger partial charge in [0.2, 0.25) is 6.79 Å². The highest BCUT2D eigenvalue weighted by Crippen LogP contribution is 2.45. The highest BCUT2D eigenvalue weighted by atomic mass is 16.7. The van der Waals surface area contributed by atoms with Crippen molar-refractivity contribution in [3.05, 3.63) is 47.5 Å². The van der Waals surface area contributed by atoms with E-state index in [0.29, 0.717) is 45.1 Å². The van der Waals surface area contributed by atoms with Gasteiger partial charge < -0.3 is 18.9 Å². The molecule has 5 rings (SSSR count). The molecule has 0 fully saturated rings. The Kier molecular flexibility index (Phi) is 3.45. The molecule has 0 spiro atoms. The van der Waals surface area contributed by atoms with Crippen LogP contribution in [0, 0.1) is 0 Å². The summed E-state index contributed by atoms with van der Waals surface area (Å²) in [4.78, 5) is 25.0. The summed E-state index contributed by atoms with van der Waals surface area (Å²) in [6.07, 6.45) is 0. The minimum atomic E-state index is -0.438. The topological polar surface area (TPSA) is 83.1 Å². The molecule has 0 saturated heterocycles. The van der Waals surface area contributed by atoms with Gasteiger partial charge in [-0.05, 0) is 35.2 Å². The summed E-state index contributed by atoms with van der Waals surface area (Å²) in [5.41, 5.74) is 1.97. The normalized spacial score (nSPS) is 14.2. The number of nitrogens with one attached hydrogen (secondary N) is 1. The van der Waals surface area contributed by atoms with Crippen LogP contribution in [-0.2, 0) is 0 Å². The Hall–Kier alpha value is -3.74. The number of hydrogen-bond donors (Lipinski definition) is 1. The number of benzene rings is 3. The molecule has 1 N–H and O–H groups in total. The summed E-state index contributed by atoms with van der Waals surface area (Å²) in [5, 5.41) is 3.82. The van der Waals surface area contributed by atoms with Crippen LogP contribution in [-0.4, -0.2) is 32.8 Å². The maximum Gasteiger partial charge on any atom is 0.259 e. The molecule has 0 aliphatic carbocycles. The van der Waals surface area contributed by atoms with E-state index in [2.05, 4.69) is 5.32 Å². The second kappa shape index (κ2) is 5.88. The lowest BCUT2D eigenvalue weighted by Gasteiger charge is -2.16. The summed E-state index contributed by atoms with van der Waals surface area (Å²) in [6.45, 7) is 0.145. The minimum absolute atomic E-state index is 0.145. The zero-order chi connectivity index (χ0) is 19.4. The number of fused-ring (bicyclic) bond motifs is 3. The first-order valence-electron chi connectivity index (χ1n) is 8.59. The maximum absolute atomic E-state index is 12.6. The van der Waals surface area contributed by atoms with Gasteiger partial charge in [0, 0.05) is 17.0 Å². The zero-order valence-corrected chi connectivity index (χ0v) is 15.1. The molecule has 3 aromatic carbocycles. The van der Waals surface area contributed by atoms with Crippen molar-refractivity contribution in [2.24, 2.45) is 0 Å². The van der Waals surface area contributed by atoms with Gasteiger partial charge in [-0.1, -0.05) is 6.07 Å². The molecule has 2 heterocycles. The molecular weight excluding hydrogens is 362 g/mol.